The molecule has 4 heteroatoms. The van der Waals surface area contributed by atoms with Crippen LogP contribution in [0, 0.1) is 0 Å². The molecule has 1 heterocycles. The number of ether oxygens (including phenoxy) is 2. The van der Waals surface area contributed by atoms with Gasteiger partial charge in [-0.25, -0.2) is 0 Å². The molecule has 0 aliphatic carbocycles. The van der Waals surface area contributed by atoms with Crippen LogP contribution >= 0.6 is 11.6 Å². The van der Waals surface area contributed by atoms with E-state index >= 15 is 0 Å². The van der Waals surface area contributed by atoms with Gasteiger partial charge in [-0.3, -0.25) is 0 Å². The van der Waals surface area contributed by atoms with Gasteiger partial charge in [0.2, 0.25) is 0 Å². The number of nitrogens with one attached hydrogen (secondary N) is 1. The van der Waals surface area contributed by atoms with E-state index in [-0.39, 0.29) is 0 Å². The van der Waals surface area contributed by atoms with Crippen molar-refractivity contribution < 1.29 is 9.47 Å². The summed E-state index contributed by atoms with van der Waals surface area (Å²) in [6.07, 6.45) is 2.60. The topological polar surface area (TPSA) is 30.5 Å². The normalized spacial score (nSPS) is 20.2. The second kappa shape index (κ2) is 6.24. The van der Waals surface area contributed by atoms with Crippen molar-refractivity contribution in [2.75, 3.05) is 20.2 Å². The number of piperidine rings is 1. The molecule has 1 aromatic rings. The Kier molecular flexibility index (Phi) is 4.66. The minimum Gasteiger partial charge on any atom is -0.496 e. The van der Waals surface area contributed by atoms with E-state index in [9.17, 15) is 0 Å². The van der Waals surface area contributed by atoms with Gasteiger partial charge in [-0.15, -0.1) is 0 Å². The predicted molar refractivity (Wildman–Crippen MR) is 68.7 cm³/mol. The van der Waals surface area contributed by atoms with Crippen molar-refractivity contribution >= 4 is 11.6 Å². The highest BCUT2D eigenvalue weighted by Gasteiger charge is 2.14. The molecule has 0 bridgehead atoms. The molecular formula is C13H18ClNO2. The maximum atomic E-state index is 5.97. The van der Waals surface area contributed by atoms with E-state index in [0.717, 1.165) is 30.8 Å². The largest absolute Gasteiger partial charge is 0.496 e. The first kappa shape index (κ1) is 12.7. The van der Waals surface area contributed by atoms with Crippen molar-refractivity contribution in [2.24, 2.45) is 0 Å². The molecule has 1 fully saturated rings. The highest BCUT2D eigenvalue weighted by molar-refractivity contribution is 6.30. The van der Waals surface area contributed by atoms with E-state index in [2.05, 4.69) is 5.32 Å². The summed E-state index contributed by atoms with van der Waals surface area (Å²) in [5.41, 5.74) is 1.01. The fourth-order valence-electron chi connectivity index (χ4n) is 2.03. The molecule has 1 saturated heterocycles. The lowest BCUT2D eigenvalue weighted by Gasteiger charge is -2.23. The smallest absolute Gasteiger partial charge is 0.124 e. The SMILES string of the molecule is COc1ccc(Cl)cc1COC1CCCNC1. The predicted octanol–water partition coefficient (Wildman–Crippen LogP) is 2.62. The minimum absolute atomic E-state index is 0.299. The van der Waals surface area contributed by atoms with Gasteiger partial charge in [-0.1, -0.05) is 11.6 Å². The van der Waals surface area contributed by atoms with E-state index < -0.39 is 0 Å². The minimum atomic E-state index is 0.299. The Labute approximate surface area is 107 Å². The monoisotopic (exact) mass is 255 g/mol. The number of rotatable bonds is 4. The third kappa shape index (κ3) is 3.60. The fraction of sp³-hybridized carbons (Fsp3) is 0.538. The number of halogens is 1. The Morgan fingerprint density at radius 2 is 2.35 bits per heavy atom. The van der Waals surface area contributed by atoms with Crippen LogP contribution in [0.1, 0.15) is 18.4 Å². The highest BCUT2D eigenvalue weighted by atomic mass is 35.5. The first-order valence-corrected chi connectivity index (χ1v) is 6.32. The van der Waals surface area contributed by atoms with Crippen LogP contribution in [-0.2, 0) is 11.3 Å². The first-order valence-electron chi connectivity index (χ1n) is 5.94. The third-order valence-corrected chi connectivity index (χ3v) is 3.20. The second-order valence-corrected chi connectivity index (χ2v) is 4.67. The van der Waals surface area contributed by atoms with Crippen LogP contribution in [0.15, 0.2) is 18.2 Å². The molecule has 17 heavy (non-hydrogen) atoms. The Morgan fingerprint density at radius 1 is 1.47 bits per heavy atom. The standard InChI is InChI=1S/C13H18ClNO2/c1-16-13-5-4-11(14)7-10(13)9-17-12-3-2-6-15-8-12/h4-5,7,12,15H,2-3,6,8-9H2,1H3. The van der Waals surface area contributed by atoms with Crippen LogP contribution in [0.5, 0.6) is 5.75 Å². The number of hydrogen-bond donors (Lipinski definition) is 1. The molecular weight excluding hydrogens is 238 g/mol. The molecule has 1 N–H and O–H groups in total. The summed E-state index contributed by atoms with van der Waals surface area (Å²) in [6, 6.07) is 5.60. The summed E-state index contributed by atoms with van der Waals surface area (Å²) >= 11 is 5.97. The summed E-state index contributed by atoms with van der Waals surface area (Å²) in [6.45, 7) is 2.58. The number of methoxy groups -OCH3 is 1. The Bertz CT molecular complexity index is 364. The van der Waals surface area contributed by atoms with Crippen LogP contribution in [0.25, 0.3) is 0 Å². The van der Waals surface area contributed by atoms with Crippen LogP contribution in [-0.4, -0.2) is 26.3 Å². The maximum Gasteiger partial charge on any atom is 0.124 e. The van der Waals surface area contributed by atoms with E-state index in [1.54, 1.807) is 7.11 Å². The summed E-state index contributed by atoms with van der Waals surface area (Å²) in [5, 5.41) is 4.04. The molecule has 1 atom stereocenters. The van der Waals surface area contributed by atoms with Gasteiger partial charge in [-0.2, -0.15) is 0 Å². The molecule has 2 rings (SSSR count). The van der Waals surface area contributed by atoms with Crippen LogP contribution in [0.3, 0.4) is 0 Å². The zero-order valence-electron chi connectivity index (χ0n) is 10.0. The van der Waals surface area contributed by atoms with Crippen molar-refractivity contribution in [3.63, 3.8) is 0 Å². The highest BCUT2D eigenvalue weighted by Crippen LogP contribution is 2.24. The zero-order valence-corrected chi connectivity index (χ0v) is 10.8. The van der Waals surface area contributed by atoms with Gasteiger partial charge in [-0.05, 0) is 37.6 Å². The zero-order chi connectivity index (χ0) is 12.1. The number of hydrogen-bond acceptors (Lipinski definition) is 3. The van der Waals surface area contributed by atoms with Crippen molar-refractivity contribution in [1.82, 2.24) is 5.32 Å². The van der Waals surface area contributed by atoms with Gasteiger partial charge >= 0.3 is 0 Å². The molecule has 3 nitrogen and oxygen atoms in total. The van der Waals surface area contributed by atoms with Gasteiger partial charge < -0.3 is 14.8 Å². The second-order valence-electron chi connectivity index (χ2n) is 4.24. The van der Waals surface area contributed by atoms with Crippen molar-refractivity contribution in [1.29, 1.82) is 0 Å². The molecule has 0 spiro atoms. The summed E-state index contributed by atoms with van der Waals surface area (Å²) in [4.78, 5) is 0. The lowest BCUT2D eigenvalue weighted by atomic mass is 10.1. The summed E-state index contributed by atoms with van der Waals surface area (Å²) in [7, 11) is 1.66. The van der Waals surface area contributed by atoms with E-state index in [1.165, 1.54) is 6.42 Å². The average Bonchev–Trinajstić information content (AvgIpc) is 2.38. The van der Waals surface area contributed by atoms with E-state index in [0.29, 0.717) is 17.7 Å². The molecule has 1 aliphatic heterocycles. The van der Waals surface area contributed by atoms with E-state index in [4.69, 9.17) is 21.1 Å². The third-order valence-electron chi connectivity index (χ3n) is 2.97. The van der Waals surface area contributed by atoms with Gasteiger partial charge in [0.25, 0.3) is 0 Å². The Hall–Kier alpha value is -0.770. The van der Waals surface area contributed by atoms with Crippen molar-refractivity contribution in [3.8, 4) is 5.75 Å². The summed E-state index contributed by atoms with van der Waals surface area (Å²) in [5.74, 6) is 0.832. The molecule has 1 unspecified atom stereocenters. The maximum absolute atomic E-state index is 5.97. The Morgan fingerprint density at radius 3 is 3.06 bits per heavy atom. The first-order chi connectivity index (χ1) is 8.29. The molecule has 0 radical (unpaired) electrons. The van der Waals surface area contributed by atoms with Gasteiger partial charge in [0, 0.05) is 17.1 Å². The molecule has 1 aromatic carbocycles. The van der Waals surface area contributed by atoms with Gasteiger partial charge in [0.15, 0.2) is 0 Å². The van der Waals surface area contributed by atoms with Crippen LogP contribution in [0.4, 0.5) is 0 Å². The number of benzene rings is 1. The molecule has 94 valence electrons. The lowest BCUT2D eigenvalue weighted by Crippen LogP contribution is -2.35. The molecule has 1 aliphatic rings. The van der Waals surface area contributed by atoms with E-state index in [1.807, 2.05) is 18.2 Å². The van der Waals surface area contributed by atoms with Crippen molar-refractivity contribution in [2.45, 2.75) is 25.6 Å². The quantitative estimate of drug-likeness (QED) is 0.897. The van der Waals surface area contributed by atoms with Gasteiger partial charge in [0.1, 0.15) is 5.75 Å². The molecule has 0 aromatic heterocycles. The van der Waals surface area contributed by atoms with Crippen LogP contribution < -0.4 is 10.1 Å². The van der Waals surface area contributed by atoms with Crippen molar-refractivity contribution in [3.05, 3.63) is 28.8 Å². The Balaban J connectivity index is 1.95. The van der Waals surface area contributed by atoms with Gasteiger partial charge in [0.05, 0.1) is 19.8 Å². The summed E-state index contributed by atoms with van der Waals surface area (Å²) < 4.78 is 11.2. The fourth-order valence-corrected chi connectivity index (χ4v) is 2.22. The van der Waals surface area contributed by atoms with Crippen LogP contribution in [0.2, 0.25) is 5.02 Å². The lowest BCUT2D eigenvalue weighted by molar-refractivity contribution is 0.0244. The molecule has 0 amide bonds. The average molecular weight is 256 g/mol. The molecule has 0 saturated carbocycles.